The lowest BCUT2D eigenvalue weighted by atomic mass is 10.2. The number of hydrogen-bond acceptors (Lipinski definition) is 10. The molecule has 1 atom stereocenters. The molecule has 1 N–H and O–H groups in total. The van der Waals surface area contributed by atoms with Gasteiger partial charge in [0.15, 0.2) is 5.13 Å². The summed E-state index contributed by atoms with van der Waals surface area (Å²) in [7, 11) is 2.16. The van der Waals surface area contributed by atoms with E-state index in [0.717, 1.165) is 58.0 Å². The Balaban J connectivity index is 1.25. The van der Waals surface area contributed by atoms with Crippen LogP contribution in [0.1, 0.15) is 6.42 Å². The van der Waals surface area contributed by atoms with E-state index in [-0.39, 0.29) is 0 Å². The number of benzene rings is 1. The molecule has 0 spiro atoms. The first-order valence-electron chi connectivity index (χ1n) is 12.0. The molecule has 0 aliphatic carbocycles. The van der Waals surface area contributed by atoms with Crippen molar-refractivity contribution in [2.45, 2.75) is 12.6 Å². The molecule has 6 rings (SSSR count). The minimum Gasteiger partial charge on any atom is -0.369 e. The Kier molecular flexibility index (Phi) is 6.51. The Labute approximate surface area is 217 Å². The molecule has 2 aliphatic heterocycles. The number of piperazine rings is 1. The number of aromatic nitrogens is 4. The van der Waals surface area contributed by atoms with Crippen molar-refractivity contribution in [2.24, 2.45) is 0 Å². The van der Waals surface area contributed by atoms with Gasteiger partial charge in [0.1, 0.15) is 6.17 Å². The summed E-state index contributed by atoms with van der Waals surface area (Å²) >= 11 is 3.08. The molecule has 0 bridgehead atoms. The average molecular weight is 523 g/mol. The van der Waals surface area contributed by atoms with E-state index in [1.807, 2.05) is 23.5 Å². The molecule has 0 radical (unpaired) electrons. The third-order valence-electron chi connectivity index (χ3n) is 6.61. The Hall–Kier alpha value is -3.15. The Bertz CT molecular complexity index is 1300. The fourth-order valence-electron chi connectivity index (χ4n) is 4.52. The fraction of sp³-hybridized carbons (Fsp3) is 0.360. The first-order valence-corrected chi connectivity index (χ1v) is 13.7. The van der Waals surface area contributed by atoms with Crippen LogP contribution in [-0.2, 0) is 0 Å². The highest BCUT2D eigenvalue weighted by Crippen LogP contribution is 2.38. The van der Waals surface area contributed by atoms with Gasteiger partial charge in [-0.1, -0.05) is 11.3 Å². The van der Waals surface area contributed by atoms with Crippen LogP contribution in [0.2, 0.25) is 0 Å². The molecule has 4 aromatic rings. The Morgan fingerprint density at radius 3 is 2.50 bits per heavy atom. The SMILES string of the molecule is CN1CCN(c2ccc(Nc3ncc(-c4cncs4)c(-c4cnc(N5CCC(F)C5)s4)n3)cc2)CC1. The van der Waals surface area contributed by atoms with Gasteiger partial charge in [0.2, 0.25) is 5.95 Å². The molecule has 2 saturated heterocycles. The molecule has 1 unspecified atom stereocenters. The molecule has 36 heavy (non-hydrogen) atoms. The average Bonchev–Trinajstić information content (AvgIpc) is 3.67. The molecular weight excluding hydrogens is 495 g/mol. The topological polar surface area (TPSA) is 73.3 Å². The predicted octanol–water partition coefficient (Wildman–Crippen LogP) is 4.77. The third kappa shape index (κ3) is 4.91. The molecule has 1 aromatic carbocycles. The van der Waals surface area contributed by atoms with Crippen molar-refractivity contribution in [1.29, 1.82) is 0 Å². The highest BCUT2D eigenvalue weighted by molar-refractivity contribution is 7.19. The van der Waals surface area contributed by atoms with Gasteiger partial charge in [0.25, 0.3) is 0 Å². The standard InChI is InChI=1S/C25H27FN8S2/c1-32-8-10-33(11-9-32)19-4-2-18(3-5-19)30-24-28-12-20(21-13-27-16-35-21)23(31-24)22-14-29-25(36-22)34-7-6-17(26)15-34/h2-5,12-14,16-17H,6-11,15H2,1H3,(H,28,30,31). The number of anilines is 4. The summed E-state index contributed by atoms with van der Waals surface area (Å²) in [6, 6.07) is 8.42. The van der Waals surface area contributed by atoms with Gasteiger partial charge >= 0.3 is 0 Å². The zero-order valence-corrected chi connectivity index (χ0v) is 21.6. The fourth-order valence-corrected chi connectivity index (χ4v) is 6.11. The van der Waals surface area contributed by atoms with Gasteiger partial charge in [0.05, 0.1) is 27.5 Å². The van der Waals surface area contributed by atoms with E-state index in [4.69, 9.17) is 4.98 Å². The van der Waals surface area contributed by atoms with Crippen molar-refractivity contribution in [3.63, 3.8) is 0 Å². The zero-order valence-electron chi connectivity index (χ0n) is 20.0. The third-order valence-corrected chi connectivity index (χ3v) is 8.48. The van der Waals surface area contributed by atoms with Crippen LogP contribution in [0.5, 0.6) is 0 Å². The molecule has 0 amide bonds. The number of rotatable bonds is 6. The van der Waals surface area contributed by atoms with Crippen molar-refractivity contribution in [1.82, 2.24) is 24.8 Å². The van der Waals surface area contributed by atoms with Crippen molar-refractivity contribution in [3.05, 3.63) is 48.4 Å². The van der Waals surface area contributed by atoms with Gasteiger partial charge in [-0.25, -0.2) is 19.3 Å². The van der Waals surface area contributed by atoms with E-state index in [1.165, 1.54) is 17.0 Å². The molecule has 2 fully saturated rings. The van der Waals surface area contributed by atoms with E-state index in [2.05, 4.69) is 61.4 Å². The Morgan fingerprint density at radius 2 is 1.78 bits per heavy atom. The number of alkyl halides is 1. The number of thiazole rings is 2. The normalized spacial score (nSPS) is 18.7. The summed E-state index contributed by atoms with van der Waals surface area (Å²) in [6.07, 6.45) is 5.25. The molecule has 2 aliphatic rings. The van der Waals surface area contributed by atoms with E-state index >= 15 is 0 Å². The van der Waals surface area contributed by atoms with Gasteiger partial charge in [-0.05, 0) is 37.7 Å². The molecule has 11 heteroatoms. The van der Waals surface area contributed by atoms with E-state index in [0.29, 0.717) is 25.5 Å². The van der Waals surface area contributed by atoms with Crippen LogP contribution in [-0.4, -0.2) is 77.3 Å². The Morgan fingerprint density at radius 1 is 0.944 bits per heavy atom. The van der Waals surface area contributed by atoms with Crippen molar-refractivity contribution < 1.29 is 4.39 Å². The van der Waals surface area contributed by atoms with E-state index in [9.17, 15) is 4.39 Å². The minimum atomic E-state index is -0.789. The summed E-state index contributed by atoms with van der Waals surface area (Å²) in [5.41, 5.74) is 5.67. The lowest BCUT2D eigenvalue weighted by Gasteiger charge is -2.34. The van der Waals surface area contributed by atoms with Crippen molar-refractivity contribution in [3.8, 4) is 21.0 Å². The largest absolute Gasteiger partial charge is 0.369 e. The van der Waals surface area contributed by atoms with Crippen LogP contribution in [0.3, 0.4) is 0 Å². The number of hydrogen-bond donors (Lipinski definition) is 1. The second-order valence-corrected chi connectivity index (χ2v) is 11.0. The maximum absolute atomic E-state index is 13.7. The van der Waals surface area contributed by atoms with Crippen LogP contribution < -0.4 is 15.1 Å². The van der Waals surface area contributed by atoms with E-state index in [1.54, 1.807) is 16.8 Å². The van der Waals surface area contributed by atoms with Gasteiger partial charge in [0, 0.05) is 68.3 Å². The number of nitrogens with zero attached hydrogens (tertiary/aromatic N) is 7. The smallest absolute Gasteiger partial charge is 0.227 e. The molecule has 0 saturated carbocycles. The summed E-state index contributed by atoms with van der Waals surface area (Å²) in [4.78, 5) is 27.0. The second kappa shape index (κ2) is 10.1. The maximum Gasteiger partial charge on any atom is 0.227 e. The summed E-state index contributed by atoms with van der Waals surface area (Å²) in [5.74, 6) is 0.519. The quantitative estimate of drug-likeness (QED) is 0.388. The summed E-state index contributed by atoms with van der Waals surface area (Å²) < 4.78 is 13.7. The van der Waals surface area contributed by atoms with Crippen molar-refractivity contribution >= 4 is 45.1 Å². The number of nitrogens with one attached hydrogen (secondary N) is 1. The van der Waals surface area contributed by atoms with Crippen LogP contribution in [0.25, 0.3) is 21.0 Å². The minimum absolute atomic E-state index is 0.398. The number of likely N-dealkylation sites (N-methyl/N-ethyl adjacent to an activating group) is 1. The van der Waals surface area contributed by atoms with Gasteiger partial charge in [-0.2, -0.15) is 0 Å². The predicted molar refractivity (Wildman–Crippen MR) is 145 cm³/mol. The highest BCUT2D eigenvalue weighted by Gasteiger charge is 2.25. The zero-order chi connectivity index (χ0) is 24.5. The molecular formula is C25H27FN8S2. The van der Waals surface area contributed by atoms with Crippen molar-refractivity contribution in [2.75, 3.05) is 61.4 Å². The van der Waals surface area contributed by atoms with Crippen LogP contribution in [0.15, 0.2) is 48.4 Å². The first-order chi connectivity index (χ1) is 17.6. The second-order valence-electron chi connectivity index (χ2n) is 9.12. The molecule has 8 nitrogen and oxygen atoms in total. The highest BCUT2D eigenvalue weighted by atomic mass is 32.1. The number of halogens is 1. The van der Waals surface area contributed by atoms with Gasteiger partial charge in [-0.15, -0.1) is 11.3 Å². The maximum atomic E-state index is 13.7. The summed E-state index contributed by atoms with van der Waals surface area (Å²) in [6.45, 7) is 5.32. The monoisotopic (exact) mass is 522 g/mol. The molecule has 5 heterocycles. The molecule has 3 aromatic heterocycles. The summed E-state index contributed by atoms with van der Waals surface area (Å²) in [5, 5.41) is 4.18. The van der Waals surface area contributed by atoms with Crippen LogP contribution >= 0.6 is 22.7 Å². The van der Waals surface area contributed by atoms with Crippen LogP contribution in [0.4, 0.5) is 26.8 Å². The van der Waals surface area contributed by atoms with Crippen LogP contribution in [0, 0.1) is 0 Å². The lowest BCUT2D eigenvalue weighted by Crippen LogP contribution is -2.44. The molecule has 186 valence electrons. The van der Waals surface area contributed by atoms with E-state index < -0.39 is 6.17 Å². The lowest BCUT2D eigenvalue weighted by molar-refractivity contribution is 0.313. The first kappa shape index (κ1) is 23.3. The van der Waals surface area contributed by atoms with Gasteiger partial charge < -0.3 is 20.0 Å². The van der Waals surface area contributed by atoms with Gasteiger partial charge in [-0.3, -0.25) is 4.98 Å².